The van der Waals surface area contributed by atoms with Crippen LogP contribution >= 0.6 is 0 Å². The number of pyridine rings is 1. The fourth-order valence-electron chi connectivity index (χ4n) is 2.90. The molecule has 0 fully saturated rings. The molecule has 3 heterocycles. The Morgan fingerprint density at radius 1 is 1.26 bits per heavy atom. The molecule has 0 aliphatic carbocycles. The van der Waals surface area contributed by atoms with Gasteiger partial charge in [-0.25, -0.2) is 4.98 Å². The first kappa shape index (κ1) is 15.9. The number of aromatic nitrogens is 3. The van der Waals surface area contributed by atoms with Crippen LogP contribution in [0.2, 0.25) is 0 Å². The molecular formula is C18H24N4O. The van der Waals surface area contributed by atoms with Crippen LogP contribution in [0.3, 0.4) is 0 Å². The lowest BCUT2D eigenvalue weighted by Gasteiger charge is -2.28. The zero-order valence-corrected chi connectivity index (χ0v) is 14.3. The molecule has 0 saturated carbocycles. The van der Waals surface area contributed by atoms with Crippen molar-refractivity contribution in [3.05, 3.63) is 57.0 Å². The van der Waals surface area contributed by atoms with E-state index in [1.165, 1.54) is 0 Å². The molecule has 23 heavy (non-hydrogen) atoms. The Morgan fingerprint density at radius 2 is 2.04 bits per heavy atom. The molecule has 5 nitrogen and oxygen atoms in total. The summed E-state index contributed by atoms with van der Waals surface area (Å²) in [4.78, 5) is 26.9. The summed E-state index contributed by atoms with van der Waals surface area (Å²) in [5.74, 6) is 0.761. The molecule has 1 aliphatic heterocycles. The summed E-state index contributed by atoms with van der Waals surface area (Å²) in [7, 11) is 0. The number of fused-ring (bicyclic) bond motifs is 1. The van der Waals surface area contributed by atoms with Gasteiger partial charge in [-0.2, -0.15) is 0 Å². The summed E-state index contributed by atoms with van der Waals surface area (Å²) < 4.78 is 0. The fraction of sp³-hybridized carbons (Fsp3) is 0.500. The van der Waals surface area contributed by atoms with Gasteiger partial charge in [-0.05, 0) is 25.5 Å². The summed E-state index contributed by atoms with van der Waals surface area (Å²) in [5.41, 5.74) is 3.71. The molecular weight excluding hydrogens is 288 g/mol. The predicted octanol–water partition coefficient (Wildman–Crippen LogP) is 2.33. The second-order valence-corrected chi connectivity index (χ2v) is 7.32. The third-order valence-corrected chi connectivity index (χ3v) is 4.19. The molecule has 0 atom stereocenters. The Kier molecular flexibility index (Phi) is 4.06. The van der Waals surface area contributed by atoms with Gasteiger partial charge in [-0.15, -0.1) is 0 Å². The van der Waals surface area contributed by atoms with Crippen molar-refractivity contribution in [3.8, 4) is 0 Å². The highest BCUT2D eigenvalue weighted by Crippen LogP contribution is 2.21. The van der Waals surface area contributed by atoms with Crippen molar-refractivity contribution in [2.75, 3.05) is 6.54 Å². The number of aryl methyl sites for hydroxylation is 1. The van der Waals surface area contributed by atoms with Gasteiger partial charge in [0.05, 0.1) is 11.4 Å². The fourth-order valence-corrected chi connectivity index (χ4v) is 2.90. The third kappa shape index (κ3) is 3.50. The highest BCUT2D eigenvalue weighted by Gasteiger charge is 2.24. The van der Waals surface area contributed by atoms with E-state index in [9.17, 15) is 4.79 Å². The van der Waals surface area contributed by atoms with Crippen molar-refractivity contribution in [2.45, 2.75) is 52.6 Å². The predicted molar refractivity (Wildman–Crippen MR) is 90.3 cm³/mol. The van der Waals surface area contributed by atoms with Crippen molar-refractivity contribution in [3.63, 3.8) is 0 Å². The average Bonchev–Trinajstić information content (AvgIpc) is 2.46. The highest BCUT2D eigenvalue weighted by molar-refractivity contribution is 5.23. The Balaban J connectivity index is 1.85. The molecule has 1 N–H and O–H groups in total. The minimum atomic E-state index is -0.158. The third-order valence-electron chi connectivity index (χ3n) is 4.19. The topological polar surface area (TPSA) is 61.9 Å². The molecule has 2 aromatic rings. The van der Waals surface area contributed by atoms with Crippen LogP contribution in [-0.4, -0.2) is 26.4 Å². The summed E-state index contributed by atoms with van der Waals surface area (Å²) in [6.07, 6.45) is 0.744. The van der Waals surface area contributed by atoms with Gasteiger partial charge in [0.15, 0.2) is 0 Å². The monoisotopic (exact) mass is 312 g/mol. The first-order valence-corrected chi connectivity index (χ1v) is 8.10. The van der Waals surface area contributed by atoms with Gasteiger partial charge in [0, 0.05) is 36.3 Å². The first-order valence-electron chi connectivity index (χ1n) is 8.10. The maximum absolute atomic E-state index is 12.3. The lowest BCUT2D eigenvalue weighted by molar-refractivity contribution is 0.236. The number of rotatable bonds is 2. The van der Waals surface area contributed by atoms with Crippen LogP contribution in [0, 0.1) is 6.92 Å². The average molecular weight is 312 g/mol. The second-order valence-electron chi connectivity index (χ2n) is 7.32. The van der Waals surface area contributed by atoms with Crippen LogP contribution in [0.15, 0.2) is 23.0 Å². The van der Waals surface area contributed by atoms with Crippen molar-refractivity contribution in [2.24, 2.45) is 0 Å². The molecule has 5 heteroatoms. The molecule has 0 aromatic carbocycles. The lowest BCUT2D eigenvalue weighted by Crippen LogP contribution is -2.36. The number of aromatic amines is 1. The van der Waals surface area contributed by atoms with Crippen molar-refractivity contribution < 1.29 is 0 Å². The van der Waals surface area contributed by atoms with E-state index < -0.39 is 0 Å². The number of H-pyrrole nitrogens is 1. The largest absolute Gasteiger partial charge is 0.310 e. The van der Waals surface area contributed by atoms with Gasteiger partial charge >= 0.3 is 0 Å². The Labute approximate surface area is 136 Å². The van der Waals surface area contributed by atoms with Crippen LogP contribution in [-0.2, 0) is 24.9 Å². The van der Waals surface area contributed by atoms with E-state index in [0.29, 0.717) is 6.54 Å². The minimum absolute atomic E-state index is 0.0215. The van der Waals surface area contributed by atoms with E-state index in [0.717, 1.165) is 48.0 Å². The van der Waals surface area contributed by atoms with Gasteiger partial charge in [0.1, 0.15) is 5.82 Å². The molecule has 0 amide bonds. The maximum Gasteiger partial charge on any atom is 0.254 e. The SMILES string of the molecule is Cc1cccc(CN2CCc3c(nc(C(C)(C)C)[nH]c3=O)C2)n1. The van der Waals surface area contributed by atoms with Crippen LogP contribution in [0.1, 0.15) is 49.2 Å². The highest BCUT2D eigenvalue weighted by atomic mass is 16.1. The molecule has 0 radical (unpaired) electrons. The number of hydrogen-bond acceptors (Lipinski definition) is 4. The van der Waals surface area contributed by atoms with E-state index in [1.807, 2.05) is 25.1 Å². The zero-order valence-electron chi connectivity index (χ0n) is 14.3. The quantitative estimate of drug-likeness (QED) is 0.924. The number of nitrogens with zero attached hydrogens (tertiary/aromatic N) is 3. The summed E-state index contributed by atoms with van der Waals surface area (Å²) in [6.45, 7) is 10.6. The summed E-state index contributed by atoms with van der Waals surface area (Å²) in [5, 5.41) is 0. The molecule has 0 spiro atoms. The minimum Gasteiger partial charge on any atom is -0.310 e. The molecule has 1 aliphatic rings. The van der Waals surface area contributed by atoms with E-state index >= 15 is 0 Å². The van der Waals surface area contributed by atoms with Gasteiger partial charge in [-0.1, -0.05) is 26.8 Å². The Hall–Kier alpha value is -2.01. The Morgan fingerprint density at radius 3 is 2.74 bits per heavy atom. The van der Waals surface area contributed by atoms with E-state index in [4.69, 9.17) is 4.98 Å². The van der Waals surface area contributed by atoms with Crippen molar-refractivity contribution >= 4 is 0 Å². The smallest absolute Gasteiger partial charge is 0.254 e. The van der Waals surface area contributed by atoms with Gasteiger partial charge in [-0.3, -0.25) is 14.7 Å². The van der Waals surface area contributed by atoms with Crippen molar-refractivity contribution in [1.82, 2.24) is 19.9 Å². The molecule has 122 valence electrons. The van der Waals surface area contributed by atoms with Gasteiger partial charge < -0.3 is 4.98 Å². The van der Waals surface area contributed by atoms with Gasteiger partial charge in [0.2, 0.25) is 0 Å². The van der Waals surface area contributed by atoms with Gasteiger partial charge in [0.25, 0.3) is 5.56 Å². The zero-order chi connectivity index (χ0) is 16.6. The van der Waals surface area contributed by atoms with E-state index in [-0.39, 0.29) is 11.0 Å². The van der Waals surface area contributed by atoms with Crippen LogP contribution in [0.5, 0.6) is 0 Å². The Bertz CT molecular complexity index is 773. The second kappa shape index (κ2) is 5.89. The van der Waals surface area contributed by atoms with Crippen LogP contribution in [0.4, 0.5) is 0 Å². The normalized spacial score (nSPS) is 15.5. The summed E-state index contributed by atoms with van der Waals surface area (Å²) in [6, 6.07) is 6.09. The molecule has 3 rings (SSSR count). The standard InChI is InChI=1S/C18H24N4O/c1-12-6-5-7-13(19-12)10-22-9-8-14-15(11-22)20-17(18(2,3)4)21-16(14)23/h5-7H,8-11H2,1-4H3,(H,20,21,23). The van der Waals surface area contributed by atoms with Crippen LogP contribution in [0.25, 0.3) is 0 Å². The van der Waals surface area contributed by atoms with Crippen LogP contribution < -0.4 is 5.56 Å². The number of hydrogen-bond donors (Lipinski definition) is 1. The van der Waals surface area contributed by atoms with Crippen molar-refractivity contribution in [1.29, 1.82) is 0 Å². The number of nitrogens with one attached hydrogen (secondary N) is 1. The van der Waals surface area contributed by atoms with E-state index in [2.05, 4.69) is 35.6 Å². The van der Waals surface area contributed by atoms with E-state index in [1.54, 1.807) is 0 Å². The first-order chi connectivity index (χ1) is 10.8. The maximum atomic E-state index is 12.3. The molecule has 0 unspecified atom stereocenters. The lowest BCUT2D eigenvalue weighted by atomic mass is 9.95. The molecule has 0 bridgehead atoms. The molecule has 0 saturated heterocycles. The molecule has 2 aromatic heterocycles. The summed E-state index contributed by atoms with van der Waals surface area (Å²) >= 11 is 0.